The molecule has 1 N–H and O–H groups in total. The molecule has 0 radical (unpaired) electrons. The highest BCUT2D eigenvalue weighted by Gasteiger charge is 2.25. The van der Waals surface area contributed by atoms with Gasteiger partial charge in [-0.1, -0.05) is 6.07 Å². The summed E-state index contributed by atoms with van der Waals surface area (Å²) in [7, 11) is 3.05. The molecule has 2 rings (SSSR count). The van der Waals surface area contributed by atoms with Crippen LogP contribution in [-0.2, 0) is 9.53 Å². The lowest BCUT2D eigenvalue weighted by Gasteiger charge is -2.15. The second-order valence-electron chi connectivity index (χ2n) is 4.14. The van der Waals surface area contributed by atoms with E-state index in [1.54, 1.807) is 43.5 Å². The van der Waals surface area contributed by atoms with E-state index in [2.05, 4.69) is 5.32 Å². The van der Waals surface area contributed by atoms with E-state index in [0.29, 0.717) is 16.2 Å². The smallest absolute Gasteiger partial charge is 0.339 e. The number of carbonyl (C=O) groups is 2. The first-order valence-corrected chi connectivity index (χ1v) is 7.13. The van der Waals surface area contributed by atoms with Crippen molar-refractivity contribution < 1.29 is 19.1 Å². The van der Waals surface area contributed by atoms with Gasteiger partial charge in [-0.2, -0.15) is 0 Å². The van der Waals surface area contributed by atoms with Crippen molar-refractivity contribution in [1.82, 2.24) is 5.32 Å². The first kappa shape index (κ1) is 15.1. The van der Waals surface area contributed by atoms with Crippen molar-refractivity contribution in [2.75, 3.05) is 14.2 Å². The summed E-state index contributed by atoms with van der Waals surface area (Å²) in [5.74, 6) is -0.272. The molecule has 0 aliphatic rings. The van der Waals surface area contributed by atoms with Gasteiger partial charge in [0.15, 0.2) is 0 Å². The molecule has 1 aromatic heterocycles. The van der Waals surface area contributed by atoms with Gasteiger partial charge >= 0.3 is 5.97 Å². The number of nitrogens with one attached hydrogen (secondary N) is 1. The fourth-order valence-corrected chi connectivity index (χ4v) is 2.46. The predicted octanol–water partition coefficient (Wildman–Crippen LogP) is 2.40. The van der Waals surface area contributed by atoms with Crippen LogP contribution in [0.5, 0.6) is 5.75 Å². The summed E-state index contributed by atoms with van der Waals surface area (Å²) in [6, 6.07) is 10.1. The Morgan fingerprint density at radius 3 is 2.43 bits per heavy atom. The Bertz CT molecular complexity index is 607. The number of hydrogen-bond donors (Lipinski definition) is 1. The SMILES string of the molecule is CNC(=O)C(OC(=O)c1ccc(OC)cc1)c1cccs1. The lowest BCUT2D eigenvalue weighted by atomic mass is 10.2. The molecule has 0 aliphatic heterocycles. The first-order chi connectivity index (χ1) is 10.2. The molecular weight excluding hydrogens is 290 g/mol. The molecule has 0 saturated heterocycles. The quantitative estimate of drug-likeness (QED) is 0.862. The van der Waals surface area contributed by atoms with E-state index < -0.39 is 12.1 Å². The zero-order chi connectivity index (χ0) is 15.2. The van der Waals surface area contributed by atoms with E-state index in [0.717, 1.165) is 0 Å². The number of carbonyl (C=O) groups excluding carboxylic acids is 2. The van der Waals surface area contributed by atoms with Crippen molar-refractivity contribution in [2.24, 2.45) is 0 Å². The maximum atomic E-state index is 12.1. The van der Waals surface area contributed by atoms with Crippen LogP contribution in [-0.4, -0.2) is 26.0 Å². The van der Waals surface area contributed by atoms with Crippen molar-refractivity contribution in [1.29, 1.82) is 0 Å². The maximum Gasteiger partial charge on any atom is 0.339 e. The van der Waals surface area contributed by atoms with E-state index in [9.17, 15) is 9.59 Å². The monoisotopic (exact) mass is 305 g/mol. The number of ether oxygens (including phenoxy) is 2. The van der Waals surface area contributed by atoms with Crippen molar-refractivity contribution in [2.45, 2.75) is 6.10 Å². The minimum atomic E-state index is -0.940. The van der Waals surface area contributed by atoms with Gasteiger partial charge in [0, 0.05) is 7.05 Å². The molecule has 1 heterocycles. The number of likely N-dealkylation sites (N-methyl/N-ethyl adjacent to an activating group) is 1. The fraction of sp³-hybridized carbons (Fsp3) is 0.200. The molecule has 6 heteroatoms. The van der Waals surface area contributed by atoms with Crippen LogP contribution >= 0.6 is 11.3 Å². The van der Waals surface area contributed by atoms with Crippen LogP contribution in [0.1, 0.15) is 21.3 Å². The Morgan fingerprint density at radius 2 is 1.90 bits per heavy atom. The minimum Gasteiger partial charge on any atom is -0.497 e. The van der Waals surface area contributed by atoms with Crippen LogP contribution in [0.2, 0.25) is 0 Å². The Hall–Kier alpha value is -2.34. The maximum absolute atomic E-state index is 12.1. The van der Waals surface area contributed by atoms with E-state index in [1.807, 2.05) is 5.38 Å². The number of amides is 1. The Morgan fingerprint density at radius 1 is 1.19 bits per heavy atom. The molecule has 0 bridgehead atoms. The molecule has 21 heavy (non-hydrogen) atoms. The number of thiophene rings is 1. The number of rotatable bonds is 5. The largest absolute Gasteiger partial charge is 0.497 e. The highest BCUT2D eigenvalue weighted by Crippen LogP contribution is 2.24. The predicted molar refractivity (Wildman–Crippen MR) is 79.5 cm³/mol. The van der Waals surface area contributed by atoms with Gasteiger partial charge < -0.3 is 14.8 Å². The van der Waals surface area contributed by atoms with Gasteiger partial charge in [0.25, 0.3) is 5.91 Å². The van der Waals surface area contributed by atoms with Gasteiger partial charge in [0.05, 0.1) is 17.6 Å². The molecule has 5 nitrogen and oxygen atoms in total. The molecule has 0 fully saturated rings. The first-order valence-electron chi connectivity index (χ1n) is 6.25. The van der Waals surface area contributed by atoms with Crippen molar-refractivity contribution in [3.05, 3.63) is 52.2 Å². The van der Waals surface area contributed by atoms with E-state index in [4.69, 9.17) is 9.47 Å². The van der Waals surface area contributed by atoms with Gasteiger partial charge in [-0.05, 0) is 35.7 Å². The van der Waals surface area contributed by atoms with Gasteiger partial charge in [-0.25, -0.2) is 4.79 Å². The number of hydrogen-bond acceptors (Lipinski definition) is 5. The highest BCUT2D eigenvalue weighted by molar-refractivity contribution is 7.10. The Kier molecular flexibility index (Phi) is 4.94. The molecule has 0 spiro atoms. The summed E-state index contributed by atoms with van der Waals surface area (Å²) in [6.45, 7) is 0. The third kappa shape index (κ3) is 3.61. The minimum absolute atomic E-state index is 0.362. The third-order valence-corrected chi connectivity index (χ3v) is 3.75. The summed E-state index contributed by atoms with van der Waals surface area (Å²) in [6.07, 6.45) is -0.940. The normalized spacial score (nSPS) is 11.5. The molecule has 1 amide bonds. The molecule has 110 valence electrons. The van der Waals surface area contributed by atoms with Crippen LogP contribution in [0.4, 0.5) is 0 Å². The molecule has 1 atom stereocenters. The van der Waals surface area contributed by atoms with Gasteiger partial charge in [0.1, 0.15) is 5.75 Å². The molecule has 1 unspecified atom stereocenters. The molecule has 1 aromatic carbocycles. The Labute approximate surface area is 126 Å². The zero-order valence-electron chi connectivity index (χ0n) is 11.7. The Balaban J connectivity index is 2.16. The number of methoxy groups -OCH3 is 1. The van der Waals surface area contributed by atoms with Crippen molar-refractivity contribution >= 4 is 23.2 Å². The average Bonchev–Trinajstić information content (AvgIpc) is 3.05. The number of benzene rings is 1. The molecule has 0 aliphatic carbocycles. The third-order valence-electron chi connectivity index (χ3n) is 2.84. The summed E-state index contributed by atoms with van der Waals surface area (Å²) >= 11 is 1.36. The van der Waals surface area contributed by atoms with Crippen LogP contribution in [0.25, 0.3) is 0 Å². The molecular formula is C15H15NO4S. The number of esters is 1. The van der Waals surface area contributed by atoms with E-state index in [1.165, 1.54) is 18.4 Å². The summed E-state index contributed by atoms with van der Waals surface area (Å²) in [5.41, 5.74) is 0.362. The lowest BCUT2D eigenvalue weighted by molar-refractivity contribution is -0.129. The van der Waals surface area contributed by atoms with Gasteiger partial charge in [0.2, 0.25) is 6.10 Å². The van der Waals surface area contributed by atoms with Crippen LogP contribution < -0.4 is 10.1 Å². The van der Waals surface area contributed by atoms with Crippen molar-refractivity contribution in [3.63, 3.8) is 0 Å². The van der Waals surface area contributed by atoms with Crippen LogP contribution in [0.15, 0.2) is 41.8 Å². The van der Waals surface area contributed by atoms with Crippen LogP contribution in [0, 0.1) is 0 Å². The van der Waals surface area contributed by atoms with Gasteiger partial charge in [-0.15, -0.1) is 11.3 Å². The second-order valence-corrected chi connectivity index (χ2v) is 5.12. The van der Waals surface area contributed by atoms with E-state index >= 15 is 0 Å². The van der Waals surface area contributed by atoms with Crippen LogP contribution in [0.3, 0.4) is 0 Å². The molecule has 2 aromatic rings. The second kappa shape index (κ2) is 6.90. The van der Waals surface area contributed by atoms with Gasteiger partial charge in [-0.3, -0.25) is 4.79 Å². The summed E-state index contributed by atoms with van der Waals surface area (Å²) in [5, 5.41) is 4.32. The van der Waals surface area contributed by atoms with Crippen molar-refractivity contribution in [3.8, 4) is 5.75 Å². The van der Waals surface area contributed by atoms with E-state index in [-0.39, 0.29) is 5.91 Å². The topological polar surface area (TPSA) is 64.6 Å². The standard InChI is InChI=1S/C15H15NO4S/c1-16-14(17)13(12-4-3-9-21-12)20-15(18)10-5-7-11(19-2)8-6-10/h3-9,13H,1-2H3,(H,16,17). The molecule has 0 saturated carbocycles. The lowest BCUT2D eigenvalue weighted by Crippen LogP contribution is -2.28. The zero-order valence-corrected chi connectivity index (χ0v) is 12.5. The average molecular weight is 305 g/mol. The highest BCUT2D eigenvalue weighted by atomic mass is 32.1. The summed E-state index contributed by atoms with van der Waals surface area (Å²) in [4.78, 5) is 24.7. The fourth-order valence-electron chi connectivity index (χ4n) is 1.71. The summed E-state index contributed by atoms with van der Waals surface area (Å²) < 4.78 is 10.4.